The Morgan fingerprint density at radius 1 is 0.621 bits per heavy atom. The summed E-state index contributed by atoms with van der Waals surface area (Å²) < 4.78 is 0. The van der Waals surface area contributed by atoms with Crippen molar-refractivity contribution in [3.63, 3.8) is 0 Å². The number of aromatic hydroxyl groups is 3. The first-order valence-corrected chi connectivity index (χ1v) is 9.59. The molecule has 3 aromatic carbocycles. The third-order valence-electron chi connectivity index (χ3n) is 6.05. The minimum atomic E-state index is 0.207. The molecule has 0 saturated carbocycles. The molecule has 1 aromatic heterocycles. The van der Waals surface area contributed by atoms with Crippen LogP contribution in [0.4, 0.5) is 0 Å². The van der Waals surface area contributed by atoms with E-state index in [-0.39, 0.29) is 17.2 Å². The second-order valence-corrected chi connectivity index (χ2v) is 7.65. The molecule has 4 nitrogen and oxygen atoms in total. The van der Waals surface area contributed by atoms with Crippen molar-refractivity contribution in [2.75, 3.05) is 0 Å². The monoisotopic (exact) mass is 379 g/mol. The minimum absolute atomic E-state index is 0.207. The Hall–Kier alpha value is -3.79. The maximum atomic E-state index is 10.4. The molecule has 4 heteroatoms. The average molecular weight is 379 g/mol. The third kappa shape index (κ3) is 2.17. The molecule has 29 heavy (non-hydrogen) atoms. The van der Waals surface area contributed by atoms with E-state index >= 15 is 0 Å². The molecule has 0 spiro atoms. The zero-order chi connectivity index (χ0) is 19.7. The predicted molar refractivity (Wildman–Crippen MR) is 111 cm³/mol. The Morgan fingerprint density at radius 2 is 1.17 bits per heavy atom. The zero-order valence-corrected chi connectivity index (χ0v) is 15.5. The maximum Gasteiger partial charge on any atom is 0.119 e. The summed E-state index contributed by atoms with van der Waals surface area (Å²) in [6.45, 7) is 0. The van der Waals surface area contributed by atoms with Crippen LogP contribution in [-0.2, 0) is 12.8 Å². The summed E-state index contributed by atoms with van der Waals surface area (Å²) in [7, 11) is 0. The Kier molecular flexibility index (Phi) is 3.13. The van der Waals surface area contributed by atoms with Gasteiger partial charge in [0.15, 0.2) is 0 Å². The van der Waals surface area contributed by atoms with E-state index < -0.39 is 0 Å². The fraction of sp³-hybridized carbons (Fsp3) is 0.0800. The molecule has 2 aliphatic rings. The van der Waals surface area contributed by atoms with Crippen LogP contribution in [0, 0.1) is 0 Å². The first-order valence-electron chi connectivity index (χ1n) is 9.59. The Labute approximate surface area is 167 Å². The van der Waals surface area contributed by atoms with Crippen LogP contribution in [-0.4, -0.2) is 20.3 Å². The lowest BCUT2D eigenvalue weighted by Gasteiger charge is -2.15. The van der Waals surface area contributed by atoms with Crippen molar-refractivity contribution in [1.82, 2.24) is 4.98 Å². The number of aromatic nitrogens is 1. The molecule has 2 aliphatic carbocycles. The summed E-state index contributed by atoms with van der Waals surface area (Å²) in [5.74, 6) is 0.764. The SMILES string of the molecule is Oc1cccc(-c2c3c(nc4c2Cc2c(O)cccc2-4)-c2cccc(O)c2C3)c1. The topological polar surface area (TPSA) is 73.6 Å². The lowest BCUT2D eigenvalue weighted by molar-refractivity contribution is 0.470. The molecule has 0 amide bonds. The van der Waals surface area contributed by atoms with Crippen molar-refractivity contribution in [2.24, 2.45) is 0 Å². The van der Waals surface area contributed by atoms with Crippen LogP contribution in [0.2, 0.25) is 0 Å². The van der Waals surface area contributed by atoms with Gasteiger partial charge >= 0.3 is 0 Å². The predicted octanol–water partition coefficient (Wildman–Crippen LogP) is 5.01. The summed E-state index contributed by atoms with van der Waals surface area (Å²) in [6, 6.07) is 18.3. The normalized spacial score (nSPS) is 13.0. The molecule has 1 heterocycles. The van der Waals surface area contributed by atoms with E-state index in [1.165, 1.54) is 0 Å². The standard InChI is InChI=1S/C25H17NO3/c27-14-5-1-4-13(10-14)23-19-11-17-15(6-2-8-21(17)28)24(19)26-25-16-7-3-9-22(29)18(16)12-20(23)25/h1-10,27-29H,11-12H2. The number of phenols is 3. The second-order valence-electron chi connectivity index (χ2n) is 7.65. The molecule has 0 bridgehead atoms. The van der Waals surface area contributed by atoms with Crippen molar-refractivity contribution in [3.8, 4) is 50.9 Å². The largest absolute Gasteiger partial charge is 0.508 e. The van der Waals surface area contributed by atoms with E-state index in [0.29, 0.717) is 12.8 Å². The highest BCUT2D eigenvalue weighted by Gasteiger charge is 2.33. The van der Waals surface area contributed by atoms with Gasteiger partial charge in [-0.1, -0.05) is 36.4 Å². The van der Waals surface area contributed by atoms with Crippen LogP contribution in [0.5, 0.6) is 17.2 Å². The number of hydrogen-bond acceptors (Lipinski definition) is 4. The Balaban J connectivity index is 1.72. The molecule has 0 saturated heterocycles. The fourth-order valence-corrected chi connectivity index (χ4v) is 4.78. The second kappa shape index (κ2) is 5.61. The van der Waals surface area contributed by atoms with Gasteiger partial charge in [-0.2, -0.15) is 0 Å². The van der Waals surface area contributed by atoms with Gasteiger partial charge in [-0.05, 0) is 46.5 Å². The molecule has 0 unspecified atom stereocenters. The molecule has 0 radical (unpaired) electrons. The smallest absolute Gasteiger partial charge is 0.119 e. The highest BCUT2D eigenvalue weighted by atomic mass is 16.3. The highest BCUT2D eigenvalue weighted by molar-refractivity contribution is 5.92. The lowest BCUT2D eigenvalue weighted by atomic mass is 9.92. The van der Waals surface area contributed by atoms with E-state index in [4.69, 9.17) is 4.98 Å². The Bertz CT molecular complexity index is 1260. The highest BCUT2D eigenvalue weighted by Crippen LogP contribution is 2.51. The summed E-state index contributed by atoms with van der Waals surface area (Å²) in [4.78, 5) is 5.02. The van der Waals surface area contributed by atoms with Crippen LogP contribution in [0.3, 0.4) is 0 Å². The van der Waals surface area contributed by atoms with Crippen LogP contribution < -0.4 is 0 Å². The average Bonchev–Trinajstić information content (AvgIpc) is 3.27. The molecule has 3 N–H and O–H groups in total. The van der Waals surface area contributed by atoms with Crippen LogP contribution in [0.1, 0.15) is 22.3 Å². The van der Waals surface area contributed by atoms with Crippen molar-refractivity contribution < 1.29 is 15.3 Å². The van der Waals surface area contributed by atoms with Gasteiger partial charge in [-0.15, -0.1) is 0 Å². The van der Waals surface area contributed by atoms with Crippen molar-refractivity contribution in [1.29, 1.82) is 0 Å². The van der Waals surface area contributed by atoms with Crippen molar-refractivity contribution in [2.45, 2.75) is 12.8 Å². The molecule has 0 atom stereocenters. The fourth-order valence-electron chi connectivity index (χ4n) is 4.78. The van der Waals surface area contributed by atoms with Crippen LogP contribution in [0.15, 0.2) is 60.7 Å². The Morgan fingerprint density at radius 3 is 1.72 bits per heavy atom. The molecule has 6 rings (SSSR count). The van der Waals surface area contributed by atoms with Crippen LogP contribution >= 0.6 is 0 Å². The number of phenolic OH excluding ortho intramolecular Hbond substituents is 3. The quantitative estimate of drug-likeness (QED) is 0.376. The summed E-state index contributed by atoms with van der Waals surface area (Å²) in [5, 5.41) is 30.9. The van der Waals surface area contributed by atoms with E-state index in [9.17, 15) is 15.3 Å². The number of fused-ring (bicyclic) bond motifs is 6. The van der Waals surface area contributed by atoms with Gasteiger partial charge < -0.3 is 15.3 Å². The van der Waals surface area contributed by atoms with E-state index in [1.807, 2.05) is 36.4 Å². The number of benzene rings is 3. The van der Waals surface area contributed by atoms with Gasteiger partial charge in [0.1, 0.15) is 17.2 Å². The maximum absolute atomic E-state index is 10.4. The van der Waals surface area contributed by atoms with Gasteiger partial charge in [0.05, 0.1) is 11.4 Å². The number of hydrogen-bond donors (Lipinski definition) is 3. The first kappa shape index (κ1) is 16.2. The number of pyridine rings is 1. The van der Waals surface area contributed by atoms with E-state index in [2.05, 4.69) is 0 Å². The van der Waals surface area contributed by atoms with Gasteiger partial charge in [-0.25, -0.2) is 4.98 Å². The van der Waals surface area contributed by atoms with Gasteiger partial charge in [0.25, 0.3) is 0 Å². The summed E-state index contributed by atoms with van der Waals surface area (Å²) >= 11 is 0. The molecule has 0 aliphatic heterocycles. The minimum Gasteiger partial charge on any atom is -0.508 e. The molecule has 0 fully saturated rings. The summed E-state index contributed by atoms with van der Waals surface area (Å²) in [6.07, 6.45) is 1.18. The molecule has 4 aromatic rings. The lowest BCUT2D eigenvalue weighted by Crippen LogP contribution is -1.98. The zero-order valence-electron chi connectivity index (χ0n) is 15.5. The van der Waals surface area contributed by atoms with Gasteiger partial charge in [-0.3, -0.25) is 0 Å². The summed E-state index contributed by atoms with van der Waals surface area (Å²) in [5.41, 5.74) is 9.44. The molecular formula is C25H17NO3. The third-order valence-corrected chi connectivity index (χ3v) is 6.05. The first-order chi connectivity index (χ1) is 14.1. The van der Waals surface area contributed by atoms with Gasteiger partial charge in [0.2, 0.25) is 0 Å². The van der Waals surface area contributed by atoms with Crippen LogP contribution in [0.25, 0.3) is 33.6 Å². The van der Waals surface area contributed by atoms with Gasteiger partial charge in [0, 0.05) is 35.1 Å². The van der Waals surface area contributed by atoms with E-state index in [0.717, 1.165) is 55.9 Å². The molecular weight excluding hydrogens is 362 g/mol. The number of rotatable bonds is 1. The van der Waals surface area contributed by atoms with Crippen molar-refractivity contribution >= 4 is 0 Å². The van der Waals surface area contributed by atoms with E-state index in [1.54, 1.807) is 24.3 Å². The van der Waals surface area contributed by atoms with Crippen molar-refractivity contribution in [3.05, 3.63) is 82.9 Å². The molecule has 140 valence electrons. The number of nitrogens with zero attached hydrogens (tertiary/aromatic N) is 1.